The summed E-state index contributed by atoms with van der Waals surface area (Å²) < 4.78 is 27.4. The maximum Gasteiger partial charge on any atom is 0.442 e. The van der Waals surface area contributed by atoms with Gasteiger partial charge in [-0.25, -0.2) is 9.24 Å². The Bertz CT molecular complexity index is 894. The molecular weight excluding hydrogens is 493 g/mol. The zero-order chi connectivity index (χ0) is 28.4. The monoisotopic (exact) mass is 549 g/mol. The SMILES string of the molecule is CC(C)=CCC/C(C)=C/CC/C(C)=C/CN(C#C[Si](C(C)C)(C(C)C)C(C)C)P1(=O)OCC(C)(C)CO1. The van der Waals surface area contributed by atoms with Gasteiger partial charge >= 0.3 is 7.75 Å². The molecule has 0 saturated carbocycles. The van der Waals surface area contributed by atoms with Gasteiger partial charge in [0.05, 0.1) is 19.8 Å². The summed E-state index contributed by atoms with van der Waals surface area (Å²) in [5.74, 6) is 0. The summed E-state index contributed by atoms with van der Waals surface area (Å²) >= 11 is 0. The number of rotatable bonds is 12. The molecule has 1 heterocycles. The van der Waals surface area contributed by atoms with Crippen LogP contribution in [0.1, 0.15) is 109 Å². The van der Waals surface area contributed by atoms with Gasteiger partial charge in [-0.3, -0.25) is 9.05 Å². The van der Waals surface area contributed by atoms with E-state index in [-0.39, 0.29) is 5.41 Å². The van der Waals surface area contributed by atoms with E-state index >= 15 is 0 Å². The highest BCUT2D eigenvalue weighted by Crippen LogP contribution is 2.56. The van der Waals surface area contributed by atoms with Crippen molar-refractivity contribution in [1.82, 2.24) is 4.67 Å². The molecule has 37 heavy (non-hydrogen) atoms. The second kappa shape index (κ2) is 14.9. The lowest BCUT2D eigenvalue weighted by Gasteiger charge is -2.39. The molecule has 0 unspecified atom stereocenters. The highest BCUT2D eigenvalue weighted by atomic mass is 31.2. The minimum Gasteiger partial charge on any atom is -0.291 e. The summed E-state index contributed by atoms with van der Waals surface area (Å²) in [5.41, 5.74) is 9.15. The second-order valence-corrected chi connectivity index (χ2v) is 20.4. The molecule has 0 aromatic carbocycles. The fourth-order valence-corrected chi connectivity index (χ4v) is 12.2. The van der Waals surface area contributed by atoms with Crippen LogP contribution in [0.2, 0.25) is 16.6 Å². The first kappa shape index (κ1) is 34.0. The third-order valence-corrected chi connectivity index (χ3v) is 15.6. The lowest BCUT2D eigenvalue weighted by molar-refractivity contribution is 0.0278. The lowest BCUT2D eigenvalue weighted by Crippen LogP contribution is -2.43. The molecule has 0 bridgehead atoms. The fourth-order valence-electron chi connectivity index (χ4n) is 5.11. The van der Waals surface area contributed by atoms with Gasteiger partial charge in [-0.2, -0.15) is 0 Å². The van der Waals surface area contributed by atoms with E-state index in [1.165, 1.54) is 16.7 Å². The molecule has 0 amide bonds. The summed E-state index contributed by atoms with van der Waals surface area (Å²) in [6.07, 6.45) is 11.0. The topological polar surface area (TPSA) is 38.8 Å². The van der Waals surface area contributed by atoms with E-state index in [1.807, 2.05) is 0 Å². The Morgan fingerprint density at radius 2 is 1.32 bits per heavy atom. The van der Waals surface area contributed by atoms with Crippen molar-refractivity contribution < 1.29 is 13.6 Å². The largest absolute Gasteiger partial charge is 0.442 e. The third-order valence-electron chi connectivity index (χ3n) is 7.54. The molecule has 1 saturated heterocycles. The minimum atomic E-state index is -3.48. The normalized spacial score (nSPS) is 18.1. The van der Waals surface area contributed by atoms with Crippen molar-refractivity contribution in [2.24, 2.45) is 5.41 Å². The minimum absolute atomic E-state index is 0.152. The molecule has 0 aromatic heterocycles. The quantitative estimate of drug-likeness (QED) is 0.0798. The predicted octanol–water partition coefficient (Wildman–Crippen LogP) is 10.1. The first-order valence-electron chi connectivity index (χ1n) is 14.2. The summed E-state index contributed by atoms with van der Waals surface area (Å²) in [7, 11) is -5.47. The van der Waals surface area contributed by atoms with Crippen LogP contribution in [0.5, 0.6) is 0 Å². The zero-order valence-electron chi connectivity index (χ0n) is 26.0. The van der Waals surface area contributed by atoms with Crippen molar-refractivity contribution >= 4 is 15.8 Å². The Morgan fingerprint density at radius 1 is 0.865 bits per heavy atom. The van der Waals surface area contributed by atoms with Gasteiger partial charge in [0.2, 0.25) is 0 Å². The number of nitrogens with zero attached hydrogens (tertiary/aromatic N) is 1. The third kappa shape index (κ3) is 10.6. The standard InChI is InChI=1S/C31H56NO3PSi/c1-25(2)15-13-16-29(9)17-14-18-30(10)19-20-32(36(33)34-23-31(11,12)24-35-36)21-22-37(26(3)4,27(5)6)28(7)8/h15,17,19,26-28H,13-14,16,18,20,23-24H2,1-12H3/b29-17+,30-19+. The van der Waals surface area contributed by atoms with Crippen LogP contribution in [0.4, 0.5) is 0 Å². The number of hydrogen-bond acceptors (Lipinski definition) is 3. The molecule has 0 N–H and O–H groups in total. The molecule has 1 fully saturated rings. The van der Waals surface area contributed by atoms with E-state index in [0.29, 0.717) is 36.4 Å². The summed E-state index contributed by atoms with van der Waals surface area (Å²) in [4.78, 5) is 0. The van der Waals surface area contributed by atoms with Gasteiger partial charge < -0.3 is 0 Å². The van der Waals surface area contributed by atoms with E-state index in [1.54, 1.807) is 4.67 Å². The van der Waals surface area contributed by atoms with Crippen LogP contribution in [0.25, 0.3) is 0 Å². The van der Waals surface area contributed by atoms with Gasteiger partial charge in [0, 0.05) is 11.5 Å². The van der Waals surface area contributed by atoms with Crippen molar-refractivity contribution in [3.05, 3.63) is 34.9 Å². The molecule has 1 aliphatic rings. The molecule has 0 radical (unpaired) electrons. The summed E-state index contributed by atoms with van der Waals surface area (Å²) in [6, 6.07) is 3.37. The van der Waals surface area contributed by atoms with Crippen molar-refractivity contribution in [2.45, 2.75) is 125 Å². The maximum absolute atomic E-state index is 13.9. The van der Waals surface area contributed by atoms with E-state index < -0.39 is 15.8 Å². The average Bonchev–Trinajstić information content (AvgIpc) is 2.77. The first-order chi connectivity index (χ1) is 17.1. The highest BCUT2D eigenvalue weighted by Gasteiger charge is 2.44. The van der Waals surface area contributed by atoms with Crippen LogP contribution in [-0.2, 0) is 13.6 Å². The smallest absolute Gasteiger partial charge is 0.291 e. The number of allylic oxidation sites excluding steroid dienone is 5. The van der Waals surface area contributed by atoms with Gasteiger partial charge in [0.1, 0.15) is 8.07 Å². The molecule has 0 aromatic rings. The molecule has 1 rings (SSSR count). The van der Waals surface area contributed by atoms with Crippen LogP contribution in [-0.4, -0.2) is 32.5 Å². The van der Waals surface area contributed by atoms with Crippen LogP contribution >= 0.6 is 7.75 Å². The molecular formula is C31H56NO3PSi. The van der Waals surface area contributed by atoms with Crippen LogP contribution in [0.3, 0.4) is 0 Å². The Labute approximate surface area is 230 Å². The van der Waals surface area contributed by atoms with Crippen molar-refractivity contribution in [3.8, 4) is 11.6 Å². The van der Waals surface area contributed by atoms with Gasteiger partial charge in [0.25, 0.3) is 0 Å². The molecule has 1 aliphatic heterocycles. The van der Waals surface area contributed by atoms with E-state index in [0.717, 1.165) is 25.7 Å². The molecule has 6 heteroatoms. The van der Waals surface area contributed by atoms with Crippen LogP contribution in [0, 0.1) is 17.0 Å². The van der Waals surface area contributed by atoms with Crippen LogP contribution < -0.4 is 0 Å². The van der Waals surface area contributed by atoms with Gasteiger partial charge in [-0.15, -0.1) is 5.54 Å². The Kier molecular flexibility index (Phi) is 13.7. The van der Waals surface area contributed by atoms with E-state index in [2.05, 4.69) is 113 Å². The predicted molar refractivity (Wildman–Crippen MR) is 164 cm³/mol. The van der Waals surface area contributed by atoms with E-state index in [4.69, 9.17) is 9.05 Å². The Hall–Kier alpha value is -1.05. The molecule has 4 nitrogen and oxygen atoms in total. The zero-order valence-corrected chi connectivity index (χ0v) is 27.9. The fraction of sp³-hybridized carbons (Fsp3) is 0.742. The first-order valence-corrected chi connectivity index (χ1v) is 17.9. The van der Waals surface area contributed by atoms with Gasteiger partial charge in [-0.1, -0.05) is 90.3 Å². The number of hydrogen-bond donors (Lipinski definition) is 0. The van der Waals surface area contributed by atoms with Crippen LogP contribution in [0.15, 0.2) is 34.9 Å². The van der Waals surface area contributed by atoms with Crippen molar-refractivity contribution in [3.63, 3.8) is 0 Å². The van der Waals surface area contributed by atoms with E-state index in [9.17, 15) is 4.57 Å². The van der Waals surface area contributed by atoms with Crippen molar-refractivity contribution in [1.29, 1.82) is 0 Å². The Balaban J connectivity index is 3.13. The average molecular weight is 550 g/mol. The Morgan fingerprint density at radius 3 is 1.78 bits per heavy atom. The van der Waals surface area contributed by atoms with Gasteiger partial charge in [-0.05, 0) is 70.0 Å². The maximum atomic E-state index is 13.9. The molecule has 212 valence electrons. The molecule has 0 aliphatic carbocycles. The highest BCUT2D eigenvalue weighted by molar-refractivity contribution is 7.51. The summed E-state index contributed by atoms with van der Waals surface area (Å²) in [6.45, 7) is 27.8. The summed E-state index contributed by atoms with van der Waals surface area (Å²) in [5, 5.41) is 0. The molecule has 0 atom stereocenters. The molecule has 0 spiro atoms. The van der Waals surface area contributed by atoms with Crippen molar-refractivity contribution in [2.75, 3.05) is 19.8 Å². The van der Waals surface area contributed by atoms with Gasteiger partial charge in [0.15, 0.2) is 0 Å². The lowest BCUT2D eigenvalue weighted by atomic mass is 9.97. The second-order valence-electron chi connectivity index (χ2n) is 12.9.